The lowest BCUT2D eigenvalue weighted by molar-refractivity contribution is -0.161. The van der Waals surface area contributed by atoms with Crippen LogP contribution in [0.1, 0.15) is 376 Å². The number of hydrogen-bond donors (Lipinski definition) is 3. The van der Waals surface area contributed by atoms with E-state index in [1.54, 1.807) is 0 Å². The smallest absolute Gasteiger partial charge is 0.462 e. The Hall–Kier alpha value is -1.94. The zero-order valence-corrected chi connectivity index (χ0v) is 62.5. The molecule has 0 aliphatic rings. The highest BCUT2D eigenvalue weighted by Gasteiger charge is 2.30. The van der Waals surface area contributed by atoms with Gasteiger partial charge in [-0.15, -0.1) is 0 Å². The van der Waals surface area contributed by atoms with Crippen molar-refractivity contribution in [3.8, 4) is 0 Å². The maximum Gasteiger partial charge on any atom is 0.472 e. The minimum Gasteiger partial charge on any atom is -0.462 e. The van der Waals surface area contributed by atoms with Gasteiger partial charge in [0.2, 0.25) is 0 Å². The van der Waals surface area contributed by atoms with E-state index in [2.05, 4.69) is 48.5 Å². The second-order valence-electron chi connectivity index (χ2n) is 28.1. The molecule has 0 rings (SSSR count). The molecule has 0 fully saturated rings. The van der Waals surface area contributed by atoms with Crippen LogP contribution in [0.5, 0.6) is 0 Å². The second kappa shape index (κ2) is 64.7. The summed E-state index contributed by atoms with van der Waals surface area (Å²) in [4.78, 5) is 72.7. The van der Waals surface area contributed by atoms with Gasteiger partial charge in [-0.2, -0.15) is 0 Å². The van der Waals surface area contributed by atoms with Crippen molar-refractivity contribution in [3.05, 3.63) is 0 Å². The van der Waals surface area contributed by atoms with Crippen molar-refractivity contribution in [1.29, 1.82) is 0 Å². The van der Waals surface area contributed by atoms with Crippen LogP contribution in [-0.2, 0) is 65.4 Å². The number of unbranched alkanes of at least 4 members (excludes halogenated alkanes) is 40. The Balaban J connectivity index is 5.23. The summed E-state index contributed by atoms with van der Waals surface area (Å²) in [5.41, 5.74) is 0. The molecule has 17 nitrogen and oxygen atoms in total. The first kappa shape index (κ1) is 91.1. The summed E-state index contributed by atoms with van der Waals surface area (Å²) in [6.07, 6.45) is 50.1. The van der Waals surface area contributed by atoms with Crippen molar-refractivity contribution in [3.63, 3.8) is 0 Å². The standard InChI is InChI=1S/C74H144O17P2/c1-8-9-10-11-12-13-14-15-20-23-26-34-41-48-55-71(76)84-61-69(90-73(78)57-50-43-35-27-24-21-18-16-17-19-22-25-31-38-45-52-65(2)3)63-88-92(80,81)86-59-68(75)60-87-93(82,83)89-64-70(62-85-72(77)56-49-42-37-30-33-40-47-54-67(6)7)91-74(79)58-51-44-36-29-28-32-39-46-53-66(4)5/h65-70,75H,8-64H2,1-7H3,(H,80,81)(H,82,83)/t68-,69-,70-/m1/s1. The Morgan fingerprint density at radius 3 is 0.731 bits per heavy atom. The van der Waals surface area contributed by atoms with Crippen LogP contribution in [0.3, 0.4) is 0 Å². The summed E-state index contributed by atoms with van der Waals surface area (Å²) in [5.74, 6) is 0.104. The lowest BCUT2D eigenvalue weighted by Crippen LogP contribution is -2.30. The third-order valence-electron chi connectivity index (χ3n) is 17.1. The summed E-state index contributed by atoms with van der Waals surface area (Å²) >= 11 is 0. The molecule has 5 atom stereocenters. The minimum atomic E-state index is -4.96. The molecule has 0 aliphatic heterocycles. The second-order valence-corrected chi connectivity index (χ2v) is 31.0. The average molecular weight is 1370 g/mol. The van der Waals surface area contributed by atoms with Crippen molar-refractivity contribution in [2.45, 2.75) is 394 Å². The van der Waals surface area contributed by atoms with Crippen molar-refractivity contribution in [2.75, 3.05) is 39.6 Å². The Morgan fingerprint density at radius 1 is 0.290 bits per heavy atom. The summed E-state index contributed by atoms with van der Waals surface area (Å²) < 4.78 is 68.4. The van der Waals surface area contributed by atoms with Crippen LogP contribution < -0.4 is 0 Å². The van der Waals surface area contributed by atoms with E-state index in [9.17, 15) is 43.2 Å². The number of hydrogen-bond acceptors (Lipinski definition) is 15. The molecule has 552 valence electrons. The van der Waals surface area contributed by atoms with Gasteiger partial charge in [-0.25, -0.2) is 9.13 Å². The first-order valence-electron chi connectivity index (χ1n) is 38.3. The van der Waals surface area contributed by atoms with Gasteiger partial charge in [-0.05, 0) is 43.4 Å². The van der Waals surface area contributed by atoms with Gasteiger partial charge in [0.15, 0.2) is 12.2 Å². The van der Waals surface area contributed by atoms with Gasteiger partial charge in [-0.3, -0.25) is 37.3 Å². The number of aliphatic hydroxyl groups is 1. The number of carbonyl (C=O) groups is 4. The van der Waals surface area contributed by atoms with E-state index in [1.165, 1.54) is 180 Å². The Labute approximate surface area is 568 Å². The molecule has 0 heterocycles. The van der Waals surface area contributed by atoms with Crippen LogP contribution in [0.4, 0.5) is 0 Å². The van der Waals surface area contributed by atoms with Gasteiger partial charge in [0.1, 0.15) is 19.3 Å². The number of phosphoric acid groups is 2. The van der Waals surface area contributed by atoms with Crippen molar-refractivity contribution < 1.29 is 80.2 Å². The molecule has 19 heteroatoms. The van der Waals surface area contributed by atoms with Crippen LogP contribution in [0, 0.1) is 17.8 Å². The summed E-state index contributed by atoms with van der Waals surface area (Å²) in [6, 6.07) is 0. The van der Waals surface area contributed by atoms with E-state index in [0.717, 1.165) is 108 Å². The molecule has 0 spiro atoms. The Morgan fingerprint density at radius 2 is 0.495 bits per heavy atom. The lowest BCUT2D eigenvalue weighted by Gasteiger charge is -2.21. The fraction of sp³-hybridized carbons (Fsp3) is 0.946. The van der Waals surface area contributed by atoms with Gasteiger partial charge in [-0.1, -0.05) is 325 Å². The molecule has 0 amide bonds. The fourth-order valence-electron chi connectivity index (χ4n) is 11.2. The maximum atomic E-state index is 13.1. The SMILES string of the molecule is CCCCCCCCCCCCCCCCC(=O)OC[C@H](COP(=O)(O)OC[C@@H](O)COP(=O)(O)OC[C@@H](COC(=O)CCCCCCCCCC(C)C)OC(=O)CCCCCCCCCCC(C)C)OC(=O)CCCCCCCCCCCCCCCCCC(C)C. The number of rotatable bonds is 72. The van der Waals surface area contributed by atoms with Crippen LogP contribution >= 0.6 is 15.6 Å². The zero-order chi connectivity index (χ0) is 68.7. The number of carbonyl (C=O) groups excluding carboxylic acids is 4. The molecule has 0 aromatic heterocycles. The van der Waals surface area contributed by atoms with E-state index >= 15 is 0 Å². The topological polar surface area (TPSA) is 237 Å². The van der Waals surface area contributed by atoms with E-state index in [4.69, 9.17) is 37.0 Å². The van der Waals surface area contributed by atoms with Crippen LogP contribution in [0.15, 0.2) is 0 Å². The number of esters is 4. The molecule has 0 aliphatic carbocycles. The molecule has 0 saturated heterocycles. The molecule has 0 aromatic carbocycles. The number of phosphoric ester groups is 2. The highest BCUT2D eigenvalue weighted by atomic mass is 31.2. The predicted molar refractivity (Wildman–Crippen MR) is 377 cm³/mol. The van der Waals surface area contributed by atoms with Gasteiger partial charge in [0.25, 0.3) is 0 Å². The normalized spacial score (nSPS) is 14.1. The van der Waals surface area contributed by atoms with E-state index in [0.29, 0.717) is 31.6 Å². The zero-order valence-electron chi connectivity index (χ0n) is 60.7. The molecule has 0 saturated carbocycles. The largest absolute Gasteiger partial charge is 0.472 e. The third-order valence-corrected chi connectivity index (χ3v) is 19.0. The van der Waals surface area contributed by atoms with Gasteiger partial charge in [0.05, 0.1) is 26.4 Å². The number of aliphatic hydroxyl groups excluding tert-OH is 1. The van der Waals surface area contributed by atoms with E-state index in [1.807, 2.05) is 0 Å². The minimum absolute atomic E-state index is 0.104. The first-order valence-corrected chi connectivity index (χ1v) is 41.3. The highest BCUT2D eigenvalue weighted by Crippen LogP contribution is 2.45. The molecule has 0 radical (unpaired) electrons. The van der Waals surface area contributed by atoms with Gasteiger partial charge < -0.3 is 33.8 Å². The highest BCUT2D eigenvalue weighted by molar-refractivity contribution is 7.47. The molecule has 0 bridgehead atoms. The third kappa shape index (κ3) is 68.4. The molecular weight excluding hydrogens is 1220 g/mol. The molecule has 0 aromatic rings. The van der Waals surface area contributed by atoms with Crippen LogP contribution in [-0.4, -0.2) is 96.7 Å². The predicted octanol–water partition coefficient (Wildman–Crippen LogP) is 21.4. The molecular formula is C74H144O17P2. The van der Waals surface area contributed by atoms with Crippen molar-refractivity contribution in [1.82, 2.24) is 0 Å². The first-order chi connectivity index (χ1) is 44.7. The molecule has 3 N–H and O–H groups in total. The van der Waals surface area contributed by atoms with Gasteiger partial charge >= 0.3 is 39.5 Å². The van der Waals surface area contributed by atoms with E-state index in [-0.39, 0.29) is 25.7 Å². The monoisotopic (exact) mass is 1370 g/mol. The van der Waals surface area contributed by atoms with Crippen molar-refractivity contribution in [2.24, 2.45) is 17.8 Å². The lowest BCUT2D eigenvalue weighted by atomic mass is 10.0. The quantitative estimate of drug-likeness (QED) is 0.0222. The number of ether oxygens (including phenoxy) is 4. The average Bonchev–Trinajstić information content (AvgIpc) is 3.29. The Kier molecular flexibility index (Phi) is 63.4. The summed E-state index contributed by atoms with van der Waals surface area (Å²) in [6.45, 7) is 11.8. The maximum absolute atomic E-state index is 13.1. The Bertz CT molecular complexity index is 1820. The van der Waals surface area contributed by atoms with E-state index < -0.39 is 97.5 Å². The summed E-state index contributed by atoms with van der Waals surface area (Å²) in [5, 5.41) is 10.6. The molecule has 93 heavy (non-hydrogen) atoms. The van der Waals surface area contributed by atoms with Crippen LogP contribution in [0.25, 0.3) is 0 Å². The molecule has 2 unspecified atom stereocenters. The van der Waals surface area contributed by atoms with Gasteiger partial charge in [0, 0.05) is 25.7 Å². The van der Waals surface area contributed by atoms with Crippen molar-refractivity contribution >= 4 is 39.5 Å². The van der Waals surface area contributed by atoms with Crippen LogP contribution in [0.2, 0.25) is 0 Å². The fourth-order valence-corrected chi connectivity index (χ4v) is 12.8. The summed E-state index contributed by atoms with van der Waals surface area (Å²) in [7, 11) is -9.91.